The number of benzene rings is 2. The zero-order valence-electron chi connectivity index (χ0n) is 15.6. The van der Waals surface area contributed by atoms with Crippen molar-refractivity contribution >= 4 is 32.8 Å². The molecule has 7 nitrogen and oxygen atoms in total. The van der Waals surface area contributed by atoms with E-state index >= 15 is 0 Å². The molecule has 2 aromatic carbocycles. The Kier molecular flexibility index (Phi) is 5.09. The summed E-state index contributed by atoms with van der Waals surface area (Å²) in [6.45, 7) is 3.17. The minimum absolute atomic E-state index is 0.0747. The average Bonchev–Trinajstić information content (AvgIpc) is 2.96. The molecular weight excluding hydrogens is 364 g/mol. The number of aromatic nitrogens is 1. The molecule has 1 aromatic heterocycles. The number of sulfonamides is 1. The number of anilines is 4. The number of nitrogens with zero attached hydrogens (tertiary/aromatic N) is 2. The van der Waals surface area contributed by atoms with E-state index in [4.69, 9.17) is 4.52 Å². The molecule has 1 heterocycles. The van der Waals surface area contributed by atoms with Crippen LogP contribution in [0.1, 0.15) is 11.5 Å². The summed E-state index contributed by atoms with van der Waals surface area (Å²) in [7, 11) is 0.234. The predicted octanol–water partition coefficient (Wildman–Crippen LogP) is 3.90. The molecule has 0 bridgehead atoms. The van der Waals surface area contributed by atoms with Crippen LogP contribution in [0.4, 0.5) is 22.7 Å². The molecule has 142 valence electrons. The highest BCUT2D eigenvalue weighted by Crippen LogP contribution is 2.25. The summed E-state index contributed by atoms with van der Waals surface area (Å²) in [6, 6.07) is 15.0. The molecule has 27 heavy (non-hydrogen) atoms. The van der Waals surface area contributed by atoms with Gasteiger partial charge >= 0.3 is 0 Å². The fourth-order valence-corrected chi connectivity index (χ4v) is 4.09. The summed E-state index contributed by atoms with van der Waals surface area (Å²) in [5.41, 5.74) is 3.71. The topological polar surface area (TPSA) is 87.5 Å². The maximum Gasteiger partial charge on any atom is 0.267 e. The Morgan fingerprint density at radius 2 is 1.41 bits per heavy atom. The number of aryl methyl sites for hydroxylation is 2. The summed E-state index contributed by atoms with van der Waals surface area (Å²) in [6.07, 6.45) is 0. The number of rotatable bonds is 6. The van der Waals surface area contributed by atoms with E-state index < -0.39 is 10.0 Å². The van der Waals surface area contributed by atoms with Crippen molar-refractivity contribution in [2.45, 2.75) is 18.7 Å². The van der Waals surface area contributed by atoms with Crippen molar-refractivity contribution in [2.75, 3.05) is 29.0 Å². The second-order valence-corrected chi connectivity index (χ2v) is 8.02. The van der Waals surface area contributed by atoms with Gasteiger partial charge in [-0.25, -0.2) is 8.42 Å². The summed E-state index contributed by atoms with van der Waals surface area (Å²) in [4.78, 5) is 2.11. The minimum atomic E-state index is -3.75. The van der Waals surface area contributed by atoms with Gasteiger partial charge in [-0.1, -0.05) is 5.16 Å². The Bertz CT molecular complexity index is 1000. The third-order valence-electron chi connectivity index (χ3n) is 4.05. The molecule has 3 aromatic rings. The van der Waals surface area contributed by atoms with Crippen LogP contribution in [0.3, 0.4) is 0 Å². The molecule has 3 rings (SSSR count). The fraction of sp³-hybridized carbons (Fsp3) is 0.211. The van der Waals surface area contributed by atoms with Crippen molar-refractivity contribution in [1.82, 2.24) is 5.16 Å². The highest BCUT2D eigenvalue weighted by atomic mass is 32.2. The molecule has 0 saturated carbocycles. The lowest BCUT2D eigenvalue weighted by Crippen LogP contribution is -2.14. The first-order chi connectivity index (χ1) is 12.8. The molecule has 8 heteroatoms. The highest BCUT2D eigenvalue weighted by molar-refractivity contribution is 7.92. The van der Waals surface area contributed by atoms with Crippen molar-refractivity contribution in [3.8, 4) is 0 Å². The lowest BCUT2D eigenvalue weighted by molar-refractivity contribution is 0.390. The molecule has 0 radical (unpaired) electrons. The summed E-state index contributed by atoms with van der Waals surface area (Å²) in [5, 5.41) is 6.98. The van der Waals surface area contributed by atoms with E-state index in [-0.39, 0.29) is 10.7 Å². The van der Waals surface area contributed by atoms with Crippen molar-refractivity contribution in [1.29, 1.82) is 0 Å². The van der Waals surface area contributed by atoms with Crippen LogP contribution in [0, 0.1) is 13.8 Å². The summed E-state index contributed by atoms with van der Waals surface area (Å²) >= 11 is 0. The van der Waals surface area contributed by atoms with E-state index in [1.54, 1.807) is 26.0 Å². The lowest BCUT2D eigenvalue weighted by atomic mass is 10.2. The summed E-state index contributed by atoms with van der Waals surface area (Å²) < 4.78 is 32.6. The molecule has 0 aliphatic heterocycles. The molecule has 0 amide bonds. The van der Waals surface area contributed by atoms with Gasteiger partial charge in [-0.2, -0.15) is 0 Å². The first kappa shape index (κ1) is 18.8. The highest BCUT2D eigenvalue weighted by Gasteiger charge is 2.24. The van der Waals surface area contributed by atoms with Crippen LogP contribution < -0.4 is 14.9 Å². The van der Waals surface area contributed by atoms with Gasteiger partial charge in [0, 0.05) is 36.8 Å². The molecule has 0 unspecified atom stereocenters. The first-order valence-corrected chi connectivity index (χ1v) is 9.85. The van der Waals surface area contributed by atoms with Gasteiger partial charge in [-0.3, -0.25) is 4.72 Å². The number of hydrogen-bond donors (Lipinski definition) is 2. The Morgan fingerprint density at radius 3 is 1.89 bits per heavy atom. The van der Waals surface area contributed by atoms with Crippen LogP contribution >= 0.6 is 0 Å². The van der Waals surface area contributed by atoms with Crippen molar-refractivity contribution in [3.05, 3.63) is 60.0 Å². The maximum atomic E-state index is 12.5. The van der Waals surface area contributed by atoms with Crippen LogP contribution in [0.5, 0.6) is 0 Å². The van der Waals surface area contributed by atoms with Crippen LogP contribution in [0.25, 0.3) is 0 Å². The van der Waals surface area contributed by atoms with Crippen LogP contribution in [0.2, 0.25) is 0 Å². The fourth-order valence-electron chi connectivity index (χ4n) is 2.70. The smallest absolute Gasteiger partial charge is 0.267 e. The van der Waals surface area contributed by atoms with Gasteiger partial charge in [0.1, 0.15) is 5.69 Å². The second-order valence-electron chi connectivity index (χ2n) is 6.40. The van der Waals surface area contributed by atoms with E-state index in [2.05, 4.69) is 15.2 Å². The minimum Gasteiger partial charge on any atom is -0.378 e. The second kappa shape index (κ2) is 7.32. The maximum absolute atomic E-state index is 12.5. The largest absolute Gasteiger partial charge is 0.378 e. The van der Waals surface area contributed by atoms with Gasteiger partial charge in [0.05, 0.1) is 0 Å². The van der Waals surface area contributed by atoms with Crippen molar-refractivity contribution in [3.63, 3.8) is 0 Å². The van der Waals surface area contributed by atoms with E-state index in [1.165, 1.54) is 0 Å². The van der Waals surface area contributed by atoms with E-state index in [0.29, 0.717) is 11.4 Å². The van der Waals surface area contributed by atoms with Crippen LogP contribution in [0.15, 0.2) is 57.9 Å². The van der Waals surface area contributed by atoms with Crippen molar-refractivity contribution < 1.29 is 12.9 Å². The standard InChI is InChI=1S/C19H22N4O3S/c1-13-19(14(2)26-21-13)27(24,25)22-17-7-5-15(6-8-17)20-16-9-11-18(12-10-16)23(3)4/h5-12,20,22H,1-4H3. The van der Waals surface area contributed by atoms with E-state index in [0.717, 1.165) is 17.1 Å². The molecule has 0 aliphatic rings. The Hall–Kier alpha value is -3.00. The summed E-state index contributed by atoms with van der Waals surface area (Å²) in [5.74, 6) is 0.263. The Balaban J connectivity index is 1.72. The molecule has 0 fully saturated rings. The third kappa shape index (κ3) is 4.22. The first-order valence-electron chi connectivity index (χ1n) is 8.36. The Morgan fingerprint density at radius 1 is 0.889 bits per heavy atom. The monoisotopic (exact) mass is 386 g/mol. The number of nitrogens with one attached hydrogen (secondary N) is 2. The SMILES string of the molecule is Cc1noc(C)c1S(=O)(=O)Nc1ccc(Nc2ccc(N(C)C)cc2)cc1. The molecule has 0 atom stereocenters. The quantitative estimate of drug-likeness (QED) is 0.668. The lowest BCUT2D eigenvalue weighted by Gasteiger charge is -2.13. The van der Waals surface area contributed by atoms with Gasteiger partial charge in [-0.05, 0) is 62.4 Å². The normalized spacial score (nSPS) is 11.3. The van der Waals surface area contributed by atoms with Gasteiger partial charge < -0.3 is 14.7 Å². The Labute approximate surface area is 159 Å². The van der Waals surface area contributed by atoms with Gasteiger partial charge in [-0.15, -0.1) is 0 Å². The van der Waals surface area contributed by atoms with E-state index in [9.17, 15) is 8.42 Å². The zero-order chi connectivity index (χ0) is 19.6. The predicted molar refractivity (Wildman–Crippen MR) is 107 cm³/mol. The van der Waals surface area contributed by atoms with Gasteiger partial charge in [0.25, 0.3) is 10.0 Å². The average molecular weight is 386 g/mol. The molecular formula is C19H22N4O3S. The van der Waals surface area contributed by atoms with E-state index in [1.807, 2.05) is 55.4 Å². The molecule has 2 N–H and O–H groups in total. The molecule has 0 spiro atoms. The van der Waals surface area contributed by atoms with Crippen molar-refractivity contribution in [2.24, 2.45) is 0 Å². The van der Waals surface area contributed by atoms with Gasteiger partial charge in [0.2, 0.25) is 0 Å². The third-order valence-corrected chi connectivity index (χ3v) is 5.67. The van der Waals surface area contributed by atoms with Crippen LogP contribution in [-0.4, -0.2) is 27.7 Å². The zero-order valence-corrected chi connectivity index (χ0v) is 16.5. The van der Waals surface area contributed by atoms with Gasteiger partial charge in [0.15, 0.2) is 10.7 Å². The molecule has 0 saturated heterocycles. The molecule has 0 aliphatic carbocycles. The number of hydrogen-bond acceptors (Lipinski definition) is 6. The van der Waals surface area contributed by atoms with Crippen LogP contribution in [-0.2, 0) is 10.0 Å².